The van der Waals surface area contributed by atoms with Gasteiger partial charge in [-0.1, -0.05) is 27.7 Å². The number of amides is 3. The van der Waals surface area contributed by atoms with Gasteiger partial charge in [0, 0.05) is 18.3 Å². The van der Waals surface area contributed by atoms with Crippen LogP contribution in [0.3, 0.4) is 0 Å². The summed E-state index contributed by atoms with van der Waals surface area (Å²) in [5, 5.41) is 16.9. The number of nitrogens with two attached hydrogens (primary N) is 1. The van der Waals surface area contributed by atoms with Gasteiger partial charge in [0.15, 0.2) is 0 Å². The zero-order valence-corrected chi connectivity index (χ0v) is 19.3. The van der Waals surface area contributed by atoms with E-state index in [-0.39, 0.29) is 24.7 Å². The molecule has 0 aromatic carbocycles. The second-order valence-corrected chi connectivity index (χ2v) is 8.84. The van der Waals surface area contributed by atoms with Crippen LogP contribution in [0, 0.1) is 11.8 Å². The van der Waals surface area contributed by atoms with E-state index in [1.165, 1.54) is 19.4 Å². The summed E-state index contributed by atoms with van der Waals surface area (Å²) in [6.07, 6.45) is 3.81. The number of H-pyrrole nitrogens is 1. The molecule has 7 N–H and O–H groups in total. The second kappa shape index (κ2) is 12.8. The van der Waals surface area contributed by atoms with E-state index in [1.54, 1.807) is 0 Å². The van der Waals surface area contributed by atoms with Crippen LogP contribution in [0.5, 0.6) is 0 Å². The highest BCUT2D eigenvalue weighted by Gasteiger charge is 2.29. The highest BCUT2D eigenvalue weighted by atomic mass is 16.4. The van der Waals surface area contributed by atoms with Crippen molar-refractivity contribution in [3.8, 4) is 0 Å². The number of aromatic amines is 1. The van der Waals surface area contributed by atoms with Crippen molar-refractivity contribution in [2.24, 2.45) is 17.6 Å². The lowest BCUT2D eigenvalue weighted by Crippen LogP contribution is -2.57. The fourth-order valence-electron chi connectivity index (χ4n) is 3.09. The zero-order valence-electron chi connectivity index (χ0n) is 19.3. The first kappa shape index (κ1) is 27.1. The van der Waals surface area contributed by atoms with Crippen LogP contribution < -0.4 is 21.7 Å². The summed E-state index contributed by atoms with van der Waals surface area (Å²) in [6, 6.07) is -3.85. The lowest BCUT2D eigenvalue weighted by molar-refractivity contribution is -0.142. The topological polar surface area (TPSA) is 179 Å². The van der Waals surface area contributed by atoms with Gasteiger partial charge in [-0.25, -0.2) is 9.78 Å². The van der Waals surface area contributed by atoms with E-state index in [9.17, 15) is 24.3 Å². The maximum atomic E-state index is 12.9. The van der Waals surface area contributed by atoms with Crippen molar-refractivity contribution < 1.29 is 24.3 Å². The SMILES string of the molecule is CC(C)CC(N)C(=O)NC(Cc1cnc[nH]1)C(=O)NC(C)C(=O)NC(CC(C)C)C(=O)O. The van der Waals surface area contributed by atoms with Crippen molar-refractivity contribution in [3.63, 3.8) is 0 Å². The molecule has 1 rings (SSSR count). The first-order chi connectivity index (χ1) is 14.9. The van der Waals surface area contributed by atoms with E-state index >= 15 is 0 Å². The van der Waals surface area contributed by atoms with Gasteiger partial charge < -0.3 is 31.8 Å². The number of hydrogen-bond donors (Lipinski definition) is 6. The molecule has 0 radical (unpaired) electrons. The molecule has 0 saturated heterocycles. The fourth-order valence-corrected chi connectivity index (χ4v) is 3.09. The minimum absolute atomic E-state index is 0.0605. The Morgan fingerprint density at radius 1 is 0.938 bits per heavy atom. The van der Waals surface area contributed by atoms with Crippen LogP contribution in [0.4, 0.5) is 0 Å². The van der Waals surface area contributed by atoms with Crippen LogP contribution in [0.2, 0.25) is 0 Å². The first-order valence-electron chi connectivity index (χ1n) is 10.8. The normalized spacial score (nSPS) is 15.0. The van der Waals surface area contributed by atoms with Crippen molar-refractivity contribution >= 4 is 23.7 Å². The van der Waals surface area contributed by atoms with Gasteiger partial charge in [0.1, 0.15) is 18.1 Å². The van der Waals surface area contributed by atoms with Gasteiger partial charge >= 0.3 is 5.97 Å². The van der Waals surface area contributed by atoms with Gasteiger partial charge in [0.2, 0.25) is 17.7 Å². The van der Waals surface area contributed by atoms with E-state index in [4.69, 9.17) is 5.73 Å². The molecule has 0 saturated carbocycles. The molecule has 0 fully saturated rings. The van der Waals surface area contributed by atoms with E-state index in [1.807, 2.05) is 27.7 Å². The molecule has 0 spiro atoms. The highest BCUT2D eigenvalue weighted by Crippen LogP contribution is 2.07. The molecule has 1 heterocycles. The Balaban J connectivity index is 2.84. The van der Waals surface area contributed by atoms with E-state index < -0.39 is 47.9 Å². The lowest BCUT2D eigenvalue weighted by Gasteiger charge is -2.24. The minimum atomic E-state index is -1.14. The molecule has 180 valence electrons. The molecule has 11 heteroatoms. The van der Waals surface area contributed by atoms with Crippen LogP contribution in [-0.4, -0.2) is 62.9 Å². The van der Waals surface area contributed by atoms with Gasteiger partial charge in [-0.15, -0.1) is 0 Å². The second-order valence-electron chi connectivity index (χ2n) is 8.84. The van der Waals surface area contributed by atoms with Gasteiger partial charge in [0.25, 0.3) is 0 Å². The summed E-state index contributed by atoms with van der Waals surface area (Å²) in [4.78, 5) is 56.0. The molecular formula is C21H36N6O5. The van der Waals surface area contributed by atoms with Gasteiger partial charge in [-0.3, -0.25) is 14.4 Å². The van der Waals surface area contributed by atoms with Crippen LogP contribution in [0.25, 0.3) is 0 Å². The fraction of sp³-hybridized carbons (Fsp3) is 0.667. The molecule has 0 aliphatic rings. The third-order valence-electron chi connectivity index (χ3n) is 4.75. The molecule has 32 heavy (non-hydrogen) atoms. The predicted octanol–water partition coefficient (Wildman–Crippen LogP) is -0.0694. The van der Waals surface area contributed by atoms with E-state index in [0.717, 1.165) is 0 Å². The van der Waals surface area contributed by atoms with Crippen LogP contribution >= 0.6 is 0 Å². The smallest absolute Gasteiger partial charge is 0.326 e. The van der Waals surface area contributed by atoms with Crippen molar-refractivity contribution in [3.05, 3.63) is 18.2 Å². The highest BCUT2D eigenvalue weighted by molar-refractivity contribution is 5.94. The number of nitrogens with one attached hydrogen (secondary N) is 4. The van der Waals surface area contributed by atoms with E-state index in [2.05, 4.69) is 25.9 Å². The van der Waals surface area contributed by atoms with Gasteiger partial charge in [-0.2, -0.15) is 0 Å². The monoisotopic (exact) mass is 452 g/mol. The number of aromatic nitrogens is 2. The quantitative estimate of drug-likeness (QED) is 0.242. The summed E-state index contributed by atoms with van der Waals surface area (Å²) < 4.78 is 0. The molecule has 4 atom stereocenters. The van der Waals surface area contributed by atoms with Crippen LogP contribution in [-0.2, 0) is 25.6 Å². The van der Waals surface area contributed by atoms with Crippen LogP contribution in [0.15, 0.2) is 12.5 Å². The van der Waals surface area contributed by atoms with Crippen molar-refractivity contribution in [2.75, 3.05) is 0 Å². The Morgan fingerprint density at radius 3 is 2.03 bits per heavy atom. The van der Waals surface area contributed by atoms with Crippen molar-refractivity contribution in [1.82, 2.24) is 25.9 Å². The maximum Gasteiger partial charge on any atom is 0.326 e. The number of nitrogens with zero attached hydrogens (tertiary/aromatic N) is 1. The summed E-state index contributed by atoms with van der Waals surface area (Å²) in [5.74, 6) is -2.58. The summed E-state index contributed by atoms with van der Waals surface area (Å²) >= 11 is 0. The number of imidazole rings is 1. The first-order valence-corrected chi connectivity index (χ1v) is 10.8. The number of carbonyl (C=O) groups excluding carboxylic acids is 3. The Labute approximate surface area is 188 Å². The van der Waals surface area contributed by atoms with Gasteiger partial charge in [0.05, 0.1) is 12.4 Å². The number of carboxylic acids is 1. The molecular weight excluding hydrogens is 416 g/mol. The minimum Gasteiger partial charge on any atom is -0.480 e. The third-order valence-corrected chi connectivity index (χ3v) is 4.75. The molecule has 1 aromatic rings. The average Bonchev–Trinajstić information content (AvgIpc) is 3.18. The molecule has 0 aliphatic carbocycles. The molecule has 1 aromatic heterocycles. The van der Waals surface area contributed by atoms with Crippen molar-refractivity contribution in [2.45, 2.75) is 78.0 Å². The largest absolute Gasteiger partial charge is 0.480 e. The predicted molar refractivity (Wildman–Crippen MR) is 118 cm³/mol. The maximum absolute atomic E-state index is 12.9. The molecule has 4 unspecified atom stereocenters. The Hall–Kier alpha value is -2.95. The standard InChI is InChI=1S/C21H36N6O5/c1-11(2)6-15(22)19(29)26-16(8-14-9-23-10-24-14)20(30)25-13(5)18(28)27-17(21(31)32)7-12(3)4/h9-13,15-17H,6-8,22H2,1-5H3,(H,23,24)(H,25,30)(H,26,29)(H,27,28)(H,31,32). The lowest BCUT2D eigenvalue weighted by atomic mass is 10.0. The number of carbonyl (C=O) groups is 4. The summed E-state index contributed by atoms with van der Waals surface area (Å²) in [6.45, 7) is 9.01. The Kier molecular flexibility index (Phi) is 10.8. The number of aliphatic carboxylic acids is 1. The zero-order chi connectivity index (χ0) is 24.4. The van der Waals surface area contributed by atoms with Gasteiger partial charge in [-0.05, 0) is 31.6 Å². The Bertz CT molecular complexity index is 765. The molecule has 0 aliphatic heterocycles. The summed E-state index contributed by atoms with van der Waals surface area (Å²) in [5.41, 5.74) is 6.54. The third kappa shape index (κ3) is 9.46. The van der Waals surface area contributed by atoms with E-state index in [0.29, 0.717) is 12.1 Å². The Morgan fingerprint density at radius 2 is 1.53 bits per heavy atom. The van der Waals surface area contributed by atoms with Crippen LogP contribution in [0.1, 0.15) is 53.2 Å². The molecule has 0 bridgehead atoms. The summed E-state index contributed by atoms with van der Waals surface area (Å²) in [7, 11) is 0. The molecule has 11 nitrogen and oxygen atoms in total. The number of rotatable bonds is 13. The average molecular weight is 453 g/mol. The number of hydrogen-bond acceptors (Lipinski definition) is 6. The van der Waals surface area contributed by atoms with Crippen molar-refractivity contribution in [1.29, 1.82) is 0 Å². The number of carboxylic acid groups (broad SMARTS) is 1. The molecule has 3 amide bonds.